The lowest BCUT2D eigenvalue weighted by Crippen LogP contribution is -2.10. The zero-order valence-electron chi connectivity index (χ0n) is 30.7. The minimum Gasteiger partial charge on any atom is -0.456 e. The van der Waals surface area contributed by atoms with Crippen LogP contribution in [0.15, 0.2) is 205 Å². The molecule has 0 radical (unpaired) electrons. The summed E-state index contributed by atoms with van der Waals surface area (Å²) in [5.74, 6) is 0.681. The molecule has 11 rings (SSSR count). The van der Waals surface area contributed by atoms with Gasteiger partial charge >= 0.3 is 0 Å². The molecule has 0 spiro atoms. The molecule has 268 valence electrons. The summed E-state index contributed by atoms with van der Waals surface area (Å²) in [5, 5.41) is 3.16. The number of benzene rings is 8. The average Bonchev–Trinajstić information content (AvgIpc) is 3.86. The van der Waals surface area contributed by atoms with Crippen LogP contribution in [0.5, 0.6) is 0 Å². The van der Waals surface area contributed by atoms with E-state index < -0.39 is 0 Å². The molecule has 0 atom stereocenters. The van der Waals surface area contributed by atoms with Gasteiger partial charge in [0.1, 0.15) is 11.2 Å². The van der Waals surface area contributed by atoms with Crippen molar-refractivity contribution >= 4 is 70.6 Å². The number of furan rings is 1. The molecule has 3 heterocycles. The van der Waals surface area contributed by atoms with Gasteiger partial charge in [0.2, 0.25) is 0 Å². The van der Waals surface area contributed by atoms with Gasteiger partial charge in [-0.05, 0) is 70.8 Å². The molecule has 0 N–H and O–H groups in total. The van der Waals surface area contributed by atoms with Crippen molar-refractivity contribution in [1.29, 1.82) is 0 Å². The van der Waals surface area contributed by atoms with Crippen molar-refractivity contribution in [2.45, 2.75) is 0 Å². The Balaban J connectivity index is 1.08. The van der Waals surface area contributed by atoms with Crippen molar-refractivity contribution in [3.05, 3.63) is 200 Å². The number of fused-ring (bicyclic) bond motifs is 6. The normalized spacial score (nSPS) is 11.5. The topological polar surface area (TPSA) is 42.2 Å². The van der Waals surface area contributed by atoms with E-state index in [1.807, 2.05) is 18.2 Å². The van der Waals surface area contributed by atoms with E-state index in [2.05, 4.69) is 187 Å². The summed E-state index contributed by atoms with van der Waals surface area (Å²) in [6, 6.07) is 70.2. The quantitative estimate of drug-likeness (QED) is 0.163. The highest BCUT2D eigenvalue weighted by Gasteiger charge is 2.21. The number of hydrogen-bond acceptors (Lipinski definition) is 5. The molecule has 8 aromatic carbocycles. The predicted octanol–water partition coefficient (Wildman–Crippen LogP) is 14.9. The second-order valence-corrected chi connectivity index (χ2v) is 15.2. The lowest BCUT2D eigenvalue weighted by molar-refractivity contribution is 0.669. The lowest BCUT2D eigenvalue weighted by atomic mass is 10.0. The third kappa shape index (κ3) is 5.84. The zero-order chi connectivity index (χ0) is 37.7. The maximum atomic E-state index is 6.72. The van der Waals surface area contributed by atoms with Gasteiger partial charge in [-0.15, -0.1) is 11.3 Å². The standard InChI is InChI=1S/C52H33N3OS/c1-4-14-34(15-5-1)36-26-28-39(29-27-36)55(40-21-12-20-38(32-40)35-16-6-2-7-17-35)41-30-31-42-46(33-41)56-45-24-13-23-44(48(42)45)52-53-49(37-18-8-3-9-19-37)51-50(54-52)43-22-10-11-25-47(43)57-51/h1-33H. The van der Waals surface area contributed by atoms with E-state index >= 15 is 0 Å². The first kappa shape index (κ1) is 33.0. The lowest BCUT2D eigenvalue weighted by Gasteiger charge is -2.26. The van der Waals surface area contributed by atoms with Crippen LogP contribution in [0.3, 0.4) is 0 Å². The number of nitrogens with zero attached hydrogens (tertiary/aromatic N) is 3. The van der Waals surface area contributed by atoms with Crippen LogP contribution in [-0.2, 0) is 0 Å². The van der Waals surface area contributed by atoms with E-state index in [1.165, 1.54) is 21.4 Å². The molecule has 4 nitrogen and oxygen atoms in total. The van der Waals surface area contributed by atoms with Crippen molar-refractivity contribution < 1.29 is 4.42 Å². The van der Waals surface area contributed by atoms with E-state index in [1.54, 1.807) is 11.3 Å². The Morgan fingerprint density at radius 1 is 0.421 bits per heavy atom. The van der Waals surface area contributed by atoms with Crippen LogP contribution < -0.4 is 4.90 Å². The van der Waals surface area contributed by atoms with Gasteiger partial charge in [0.15, 0.2) is 5.82 Å². The molecule has 0 saturated heterocycles. The number of hydrogen-bond donors (Lipinski definition) is 0. The van der Waals surface area contributed by atoms with Gasteiger partial charge in [-0.2, -0.15) is 0 Å². The van der Waals surface area contributed by atoms with Crippen LogP contribution in [0.25, 0.3) is 87.1 Å². The average molecular weight is 748 g/mol. The number of anilines is 3. The van der Waals surface area contributed by atoms with E-state index in [0.29, 0.717) is 5.82 Å². The molecule has 57 heavy (non-hydrogen) atoms. The number of rotatable bonds is 7. The largest absolute Gasteiger partial charge is 0.456 e. The second kappa shape index (κ2) is 13.7. The highest BCUT2D eigenvalue weighted by Crippen LogP contribution is 2.44. The summed E-state index contributed by atoms with van der Waals surface area (Å²) >= 11 is 1.75. The monoisotopic (exact) mass is 747 g/mol. The van der Waals surface area contributed by atoms with Crippen LogP contribution in [0.4, 0.5) is 17.1 Å². The minimum atomic E-state index is 0.681. The van der Waals surface area contributed by atoms with Gasteiger partial charge in [-0.3, -0.25) is 0 Å². The fourth-order valence-corrected chi connectivity index (χ4v) is 9.13. The summed E-state index contributed by atoms with van der Waals surface area (Å²) in [6.45, 7) is 0. The molecule has 0 aliphatic heterocycles. The Morgan fingerprint density at radius 3 is 1.81 bits per heavy atom. The molecular weight excluding hydrogens is 715 g/mol. The van der Waals surface area contributed by atoms with E-state index in [-0.39, 0.29) is 0 Å². The van der Waals surface area contributed by atoms with Crippen LogP contribution in [0.2, 0.25) is 0 Å². The van der Waals surface area contributed by atoms with Crippen molar-refractivity contribution in [3.8, 4) is 44.9 Å². The predicted molar refractivity (Wildman–Crippen MR) is 239 cm³/mol. The molecule has 0 aliphatic rings. The molecule has 5 heteroatoms. The van der Waals surface area contributed by atoms with Gasteiger partial charge in [-0.1, -0.05) is 146 Å². The summed E-state index contributed by atoms with van der Waals surface area (Å²) in [5.41, 5.74) is 13.3. The van der Waals surface area contributed by atoms with Crippen molar-refractivity contribution in [3.63, 3.8) is 0 Å². The van der Waals surface area contributed by atoms with E-state index in [0.717, 1.165) is 77.0 Å². The minimum absolute atomic E-state index is 0.681. The third-order valence-electron chi connectivity index (χ3n) is 10.7. The zero-order valence-corrected chi connectivity index (χ0v) is 31.5. The highest BCUT2D eigenvalue weighted by atomic mass is 32.1. The van der Waals surface area contributed by atoms with Crippen LogP contribution >= 0.6 is 11.3 Å². The summed E-state index contributed by atoms with van der Waals surface area (Å²) in [6.07, 6.45) is 0. The van der Waals surface area contributed by atoms with Gasteiger partial charge in [-0.25, -0.2) is 9.97 Å². The van der Waals surface area contributed by atoms with Crippen molar-refractivity contribution in [2.75, 3.05) is 4.90 Å². The molecule has 3 aromatic heterocycles. The first-order chi connectivity index (χ1) is 28.2. The SMILES string of the molecule is c1ccc(-c2ccc(N(c3cccc(-c4ccccc4)c3)c3ccc4c(c3)oc3cccc(-c5nc(-c6ccccc6)c6sc7ccccc7c6n5)c34)cc2)cc1. The number of aromatic nitrogens is 2. The fourth-order valence-electron chi connectivity index (χ4n) is 7.98. The molecule has 0 aliphatic carbocycles. The van der Waals surface area contributed by atoms with Gasteiger partial charge in [0.05, 0.1) is 15.9 Å². The molecule has 0 bridgehead atoms. The summed E-state index contributed by atoms with van der Waals surface area (Å²) in [7, 11) is 0. The maximum Gasteiger partial charge on any atom is 0.161 e. The first-order valence-corrected chi connectivity index (χ1v) is 19.9. The van der Waals surface area contributed by atoms with Crippen LogP contribution in [0, 0.1) is 0 Å². The van der Waals surface area contributed by atoms with E-state index in [9.17, 15) is 0 Å². The van der Waals surface area contributed by atoms with Crippen molar-refractivity contribution in [2.24, 2.45) is 0 Å². The Morgan fingerprint density at radius 2 is 1.04 bits per heavy atom. The Bertz CT molecular complexity index is 3230. The Kier molecular flexibility index (Phi) is 7.97. The van der Waals surface area contributed by atoms with E-state index in [4.69, 9.17) is 14.4 Å². The molecule has 0 fully saturated rings. The molecule has 11 aromatic rings. The second-order valence-electron chi connectivity index (χ2n) is 14.2. The van der Waals surface area contributed by atoms with Gasteiger partial charge in [0, 0.05) is 55.1 Å². The molecular formula is C52H33N3OS. The highest BCUT2D eigenvalue weighted by molar-refractivity contribution is 7.26. The third-order valence-corrected chi connectivity index (χ3v) is 11.9. The fraction of sp³-hybridized carbons (Fsp3) is 0. The van der Waals surface area contributed by atoms with Crippen LogP contribution in [0.1, 0.15) is 0 Å². The molecule has 0 amide bonds. The number of thiophene rings is 1. The smallest absolute Gasteiger partial charge is 0.161 e. The van der Waals surface area contributed by atoms with Gasteiger partial charge < -0.3 is 9.32 Å². The van der Waals surface area contributed by atoms with Gasteiger partial charge in [0.25, 0.3) is 0 Å². The first-order valence-electron chi connectivity index (χ1n) is 19.1. The Hall–Kier alpha value is -7.34. The Labute approximate surface area is 333 Å². The van der Waals surface area contributed by atoms with Crippen molar-refractivity contribution in [1.82, 2.24) is 9.97 Å². The van der Waals surface area contributed by atoms with Crippen LogP contribution in [-0.4, -0.2) is 9.97 Å². The maximum absolute atomic E-state index is 6.72. The summed E-state index contributed by atoms with van der Waals surface area (Å²) < 4.78 is 9.01. The molecule has 0 saturated carbocycles. The molecule has 0 unspecified atom stereocenters. The summed E-state index contributed by atoms with van der Waals surface area (Å²) in [4.78, 5) is 12.9.